The number of carbonyl (C=O) groups is 1. The molecule has 0 aliphatic carbocycles. The van der Waals surface area contributed by atoms with E-state index in [-0.39, 0.29) is 35.8 Å². The average Bonchev–Trinajstić information content (AvgIpc) is 3.16. The number of hydrogen-bond acceptors (Lipinski definition) is 4. The first kappa shape index (κ1) is 19.5. The molecule has 1 amide bonds. The predicted octanol–water partition coefficient (Wildman–Crippen LogP) is 2.87. The number of amides is 1. The number of aliphatic imine (C=N–C) groups is 1. The van der Waals surface area contributed by atoms with Gasteiger partial charge in [0.15, 0.2) is 11.7 Å². The summed E-state index contributed by atoms with van der Waals surface area (Å²) in [5.74, 6) is 0.858. The molecule has 8 heteroatoms. The van der Waals surface area contributed by atoms with E-state index in [0.29, 0.717) is 18.3 Å². The van der Waals surface area contributed by atoms with Gasteiger partial charge in [0.05, 0.1) is 6.04 Å². The molecular weight excluding hydrogens is 427 g/mol. The third-order valence-corrected chi connectivity index (χ3v) is 4.02. The fraction of sp³-hybridized carbons (Fsp3) is 0.333. The SMILES string of the molecule is CCNC(=NCc1ccc(C(N)=O)o1)NC(C)c1cccs1.I. The van der Waals surface area contributed by atoms with E-state index in [4.69, 9.17) is 10.2 Å². The first-order valence-corrected chi connectivity index (χ1v) is 7.95. The zero-order chi connectivity index (χ0) is 15.9. The summed E-state index contributed by atoms with van der Waals surface area (Å²) in [6.07, 6.45) is 0. The fourth-order valence-electron chi connectivity index (χ4n) is 1.89. The van der Waals surface area contributed by atoms with E-state index in [1.807, 2.05) is 18.4 Å². The second-order valence-electron chi connectivity index (χ2n) is 4.71. The Balaban J connectivity index is 0.00000264. The Morgan fingerprint density at radius 3 is 2.78 bits per heavy atom. The van der Waals surface area contributed by atoms with Crippen molar-refractivity contribution in [2.24, 2.45) is 10.7 Å². The van der Waals surface area contributed by atoms with E-state index in [9.17, 15) is 4.79 Å². The van der Waals surface area contributed by atoms with Crippen LogP contribution in [0.15, 0.2) is 39.1 Å². The highest BCUT2D eigenvalue weighted by Gasteiger charge is 2.10. The number of hydrogen-bond donors (Lipinski definition) is 3. The Morgan fingerprint density at radius 1 is 1.43 bits per heavy atom. The monoisotopic (exact) mass is 448 g/mol. The van der Waals surface area contributed by atoms with Crippen LogP contribution in [0.2, 0.25) is 0 Å². The van der Waals surface area contributed by atoms with Crippen LogP contribution in [0.5, 0.6) is 0 Å². The third-order valence-electron chi connectivity index (χ3n) is 2.96. The highest BCUT2D eigenvalue weighted by molar-refractivity contribution is 14.0. The molecule has 23 heavy (non-hydrogen) atoms. The van der Waals surface area contributed by atoms with Crippen LogP contribution in [0, 0.1) is 0 Å². The van der Waals surface area contributed by atoms with E-state index >= 15 is 0 Å². The summed E-state index contributed by atoms with van der Waals surface area (Å²) >= 11 is 1.70. The van der Waals surface area contributed by atoms with Gasteiger partial charge in [0.25, 0.3) is 5.91 Å². The van der Waals surface area contributed by atoms with Crippen molar-refractivity contribution in [1.82, 2.24) is 10.6 Å². The Kier molecular flexibility index (Phi) is 8.10. The first-order chi connectivity index (χ1) is 10.6. The maximum Gasteiger partial charge on any atom is 0.284 e. The van der Waals surface area contributed by atoms with Gasteiger partial charge in [0.2, 0.25) is 0 Å². The van der Waals surface area contributed by atoms with Gasteiger partial charge in [-0.1, -0.05) is 6.07 Å². The van der Waals surface area contributed by atoms with Crippen molar-refractivity contribution in [3.05, 3.63) is 46.0 Å². The molecule has 2 rings (SSSR count). The molecule has 0 aliphatic rings. The number of halogens is 1. The van der Waals surface area contributed by atoms with Gasteiger partial charge < -0.3 is 20.8 Å². The first-order valence-electron chi connectivity index (χ1n) is 7.07. The number of furan rings is 1. The highest BCUT2D eigenvalue weighted by Crippen LogP contribution is 2.18. The molecule has 0 aliphatic heterocycles. The van der Waals surface area contributed by atoms with Crippen molar-refractivity contribution in [2.75, 3.05) is 6.54 Å². The summed E-state index contributed by atoms with van der Waals surface area (Å²) in [7, 11) is 0. The lowest BCUT2D eigenvalue weighted by atomic mass is 10.3. The number of primary amides is 1. The lowest BCUT2D eigenvalue weighted by Crippen LogP contribution is -2.38. The van der Waals surface area contributed by atoms with E-state index in [1.54, 1.807) is 23.5 Å². The number of nitrogens with two attached hydrogens (primary N) is 1. The molecule has 0 fully saturated rings. The van der Waals surface area contributed by atoms with Crippen molar-refractivity contribution in [2.45, 2.75) is 26.4 Å². The maximum atomic E-state index is 11.0. The standard InChI is InChI=1S/C15H20N4O2S.HI/c1-3-17-15(19-10(2)13-5-4-8-22-13)18-9-11-6-7-12(21-11)14(16)20;/h4-8,10H,3,9H2,1-2H3,(H2,16,20)(H2,17,18,19);1H. The minimum atomic E-state index is -0.577. The van der Waals surface area contributed by atoms with Crippen LogP contribution in [0.1, 0.15) is 41.1 Å². The molecule has 0 aromatic carbocycles. The van der Waals surface area contributed by atoms with Crippen LogP contribution in [0.25, 0.3) is 0 Å². The molecule has 6 nitrogen and oxygen atoms in total. The average molecular weight is 448 g/mol. The minimum absolute atomic E-state index is 0. The Hall–Kier alpha value is -1.55. The minimum Gasteiger partial charge on any atom is -0.454 e. The molecule has 0 spiro atoms. The fourth-order valence-corrected chi connectivity index (χ4v) is 2.62. The van der Waals surface area contributed by atoms with Crippen molar-refractivity contribution >= 4 is 47.2 Å². The molecule has 2 aromatic rings. The molecule has 0 radical (unpaired) electrons. The van der Waals surface area contributed by atoms with Gasteiger partial charge in [0.1, 0.15) is 12.3 Å². The van der Waals surface area contributed by atoms with Gasteiger partial charge in [-0.05, 0) is 37.4 Å². The largest absolute Gasteiger partial charge is 0.454 e. The second kappa shape index (κ2) is 9.56. The zero-order valence-electron chi connectivity index (χ0n) is 13.0. The molecule has 0 saturated carbocycles. The molecule has 0 bridgehead atoms. The Labute approximate surface area is 156 Å². The van der Waals surface area contributed by atoms with Crippen LogP contribution >= 0.6 is 35.3 Å². The molecule has 2 aromatic heterocycles. The summed E-state index contributed by atoms with van der Waals surface area (Å²) in [6, 6.07) is 7.53. The van der Waals surface area contributed by atoms with Crippen molar-refractivity contribution in [3.63, 3.8) is 0 Å². The van der Waals surface area contributed by atoms with Crippen molar-refractivity contribution < 1.29 is 9.21 Å². The van der Waals surface area contributed by atoms with Gasteiger partial charge in [-0.3, -0.25) is 4.79 Å². The summed E-state index contributed by atoms with van der Waals surface area (Å²) in [5.41, 5.74) is 5.16. The summed E-state index contributed by atoms with van der Waals surface area (Å²) in [6.45, 7) is 5.18. The predicted molar refractivity (Wildman–Crippen MR) is 103 cm³/mol. The topological polar surface area (TPSA) is 92.6 Å². The summed E-state index contributed by atoms with van der Waals surface area (Å²) in [5, 5.41) is 8.57. The second-order valence-corrected chi connectivity index (χ2v) is 5.69. The number of thiophene rings is 1. The van der Waals surface area contributed by atoms with Gasteiger partial charge in [-0.25, -0.2) is 4.99 Å². The summed E-state index contributed by atoms with van der Waals surface area (Å²) < 4.78 is 5.32. The maximum absolute atomic E-state index is 11.0. The van der Waals surface area contributed by atoms with E-state index in [1.165, 1.54) is 4.88 Å². The molecule has 2 heterocycles. The Morgan fingerprint density at radius 2 is 2.22 bits per heavy atom. The quantitative estimate of drug-likeness (QED) is 0.360. The van der Waals surface area contributed by atoms with Gasteiger partial charge in [0, 0.05) is 11.4 Å². The molecule has 1 atom stereocenters. The molecule has 4 N–H and O–H groups in total. The van der Waals surface area contributed by atoms with Gasteiger partial charge in [-0.15, -0.1) is 35.3 Å². The van der Waals surface area contributed by atoms with Crippen LogP contribution in [0.4, 0.5) is 0 Å². The number of carbonyl (C=O) groups excluding carboxylic acids is 1. The molecule has 126 valence electrons. The molecular formula is C15H21IN4O2S. The van der Waals surface area contributed by atoms with E-state index in [2.05, 4.69) is 28.6 Å². The van der Waals surface area contributed by atoms with Crippen molar-refractivity contribution in [1.29, 1.82) is 0 Å². The number of nitrogens with zero attached hydrogens (tertiary/aromatic N) is 1. The normalized spacial score (nSPS) is 12.3. The van der Waals surface area contributed by atoms with Crippen LogP contribution < -0.4 is 16.4 Å². The summed E-state index contributed by atoms with van der Waals surface area (Å²) in [4.78, 5) is 16.7. The van der Waals surface area contributed by atoms with E-state index < -0.39 is 5.91 Å². The van der Waals surface area contributed by atoms with Crippen LogP contribution in [0.3, 0.4) is 0 Å². The highest BCUT2D eigenvalue weighted by atomic mass is 127. The number of guanidine groups is 1. The number of nitrogens with one attached hydrogen (secondary N) is 2. The molecule has 0 saturated heterocycles. The smallest absolute Gasteiger partial charge is 0.284 e. The Bertz CT molecular complexity index is 640. The molecule has 1 unspecified atom stereocenters. The number of rotatable bonds is 6. The van der Waals surface area contributed by atoms with Crippen molar-refractivity contribution in [3.8, 4) is 0 Å². The van der Waals surface area contributed by atoms with Gasteiger partial charge in [-0.2, -0.15) is 0 Å². The van der Waals surface area contributed by atoms with Crippen LogP contribution in [-0.4, -0.2) is 18.4 Å². The van der Waals surface area contributed by atoms with Gasteiger partial charge >= 0.3 is 0 Å². The van der Waals surface area contributed by atoms with E-state index in [0.717, 1.165) is 6.54 Å². The lowest BCUT2D eigenvalue weighted by molar-refractivity contribution is 0.0972. The van der Waals surface area contributed by atoms with Crippen LogP contribution in [-0.2, 0) is 6.54 Å². The zero-order valence-corrected chi connectivity index (χ0v) is 16.2. The lowest BCUT2D eigenvalue weighted by Gasteiger charge is -2.16. The third kappa shape index (κ3) is 5.87.